The minimum absolute atomic E-state index is 0.921. The molecule has 0 radical (unpaired) electrons. The van der Waals surface area contributed by atoms with Gasteiger partial charge in [0.15, 0.2) is 0 Å². The fourth-order valence-electron chi connectivity index (χ4n) is 2.82. The van der Waals surface area contributed by atoms with E-state index < -0.39 is 0 Å². The molecule has 0 saturated carbocycles. The topological polar surface area (TPSA) is 3.24 Å². The third kappa shape index (κ3) is 3.57. The normalized spacial score (nSPS) is 20.1. The van der Waals surface area contributed by atoms with Crippen LogP contribution >= 0.6 is 0 Å². The SMILES string of the molecule is Cc1ccc2c(c1)CC[C@@H](CCN(C)C)CC2. The van der Waals surface area contributed by atoms with E-state index in [4.69, 9.17) is 0 Å². The molecule has 0 unspecified atom stereocenters. The first-order chi connectivity index (χ1) is 8.15. The van der Waals surface area contributed by atoms with Crippen LogP contribution in [-0.4, -0.2) is 25.5 Å². The van der Waals surface area contributed by atoms with Crippen LogP contribution in [0.25, 0.3) is 0 Å². The van der Waals surface area contributed by atoms with Gasteiger partial charge in [0.1, 0.15) is 0 Å². The lowest BCUT2D eigenvalue weighted by Gasteiger charge is -2.16. The first-order valence-corrected chi connectivity index (χ1v) is 6.88. The molecule has 1 aromatic rings. The monoisotopic (exact) mass is 231 g/mol. The van der Waals surface area contributed by atoms with Gasteiger partial charge in [-0.1, -0.05) is 23.8 Å². The van der Waals surface area contributed by atoms with E-state index in [0.717, 1.165) is 5.92 Å². The van der Waals surface area contributed by atoms with Gasteiger partial charge in [-0.15, -0.1) is 0 Å². The maximum absolute atomic E-state index is 2.39. The molecule has 0 N–H and O–H groups in total. The molecule has 0 aromatic heterocycles. The lowest BCUT2D eigenvalue weighted by atomic mass is 9.96. The molecule has 0 saturated heterocycles. The van der Waals surface area contributed by atoms with Crippen LogP contribution in [0.15, 0.2) is 18.2 Å². The van der Waals surface area contributed by atoms with Crippen molar-refractivity contribution in [2.45, 2.75) is 39.0 Å². The Kier molecular flexibility index (Phi) is 4.22. The van der Waals surface area contributed by atoms with Crippen molar-refractivity contribution in [3.8, 4) is 0 Å². The number of benzene rings is 1. The largest absolute Gasteiger partial charge is 0.309 e. The van der Waals surface area contributed by atoms with Gasteiger partial charge in [0.05, 0.1) is 0 Å². The average molecular weight is 231 g/mol. The zero-order valence-corrected chi connectivity index (χ0v) is 11.5. The van der Waals surface area contributed by atoms with E-state index in [1.807, 2.05) is 0 Å². The van der Waals surface area contributed by atoms with Gasteiger partial charge in [-0.05, 0) is 76.7 Å². The minimum Gasteiger partial charge on any atom is -0.309 e. The van der Waals surface area contributed by atoms with Gasteiger partial charge in [-0.2, -0.15) is 0 Å². The summed E-state index contributed by atoms with van der Waals surface area (Å²) in [6.07, 6.45) is 6.69. The first-order valence-electron chi connectivity index (χ1n) is 6.88. The lowest BCUT2D eigenvalue weighted by Crippen LogP contribution is -2.16. The summed E-state index contributed by atoms with van der Waals surface area (Å²) in [4.78, 5) is 2.31. The van der Waals surface area contributed by atoms with Crippen LogP contribution in [0.1, 0.15) is 36.0 Å². The Hall–Kier alpha value is -0.820. The Labute approximate surface area is 106 Å². The van der Waals surface area contributed by atoms with Gasteiger partial charge in [0.25, 0.3) is 0 Å². The van der Waals surface area contributed by atoms with Crippen LogP contribution in [0, 0.1) is 12.8 Å². The van der Waals surface area contributed by atoms with E-state index in [1.165, 1.54) is 44.2 Å². The summed E-state index contributed by atoms with van der Waals surface area (Å²) in [5, 5.41) is 0. The fraction of sp³-hybridized carbons (Fsp3) is 0.625. The minimum atomic E-state index is 0.921. The molecule has 1 aliphatic rings. The van der Waals surface area contributed by atoms with E-state index in [0.29, 0.717) is 0 Å². The summed E-state index contributed by atoms with van der Waals surface area (Å²) in [7, 11) is 4.35. The Morgan fingerprint density at radius 3 is 2.53 bits per heavy atom. The summed E-state index contributed by atoms with van der Waals surface area (Å²) in [6.45, 7) is 3.44. The summed E-state index contributed by atoms with van der Waals surface area (Å²) in [5.41, 5.74) is 4.62. The predicted molar refractivity (Wildman–Crippen MR) is 74.5 cm³/mol. The van der Waals surface area contributed by atoms with Crippen LogP contribution in [0.3, 0.4) is 0 Å². The fourth-order valence-corrected chi connectivity index (χ4v) is 2.82. The molecule has 17 heavy (non-hydrogen) atoms. The summed E-state index contributed by atoms with van der Waals surface area (Å²) >= 11 is 0. The zero-order valence-electron chi connectivity index (χ0n) is 11.5. The van der Waals surface area contributed by atoms with Crippen molar-refractivity contribution in [2.24, 2.45) is 5.92 Å². The number of hydrogen-bond acceptors (Lipinski definition) is 1. The predicted octanol–water partition coefficient (Wildman–Crippen LogP) is 3.44. The quantitative estimate of drug-likeness (QED) is 0.720. The van der Waals surface area contributed by atoms with E-state index in [9.17, 15) is 0 Å². The van der Waals surface area contributed by atoms with E-state index in [1.54, 1.807) is 11.1 Å². The Bertz CT molecular complexity index is 368. The van der Waals surface area contributed by atoms with Crippen molar-refractivity contribution in [3.63, 3.8) is 0 Å². The van der Waals surface area contributed by atoms with Crippen molar-refractivity contribution >= 4 is 0 Å². The number of aryl methyl sites for hydroxylation is 3. The highest BCUT2D eigenvalue weighted by Crippen LogP contribution is 2.27. The van der Waals surface area contributed by atoms with Crippen molar-refractivity contribution in [3.05, 3.63) is 34.9 Å². The van der Waals surface area contributed by atoms with E-state index in [2.05, 4.69) is 44.1 Å². The highest BCUT2D eigenvalue weighted by Gasteiger charge is 2.16. The maximum Gasteiger partial charge on any atom is -0.00222 e. The van der Waals surface area contributed by atoms with Crippen molar-refractivity contribution in [1.29, 1.82) is 0 Å². The summed E-state index contributed by atoms with van der Waals surface area (Å²) < 4.78 is 0. The number of fused-ring (bicyclic) bond motifs is 1. The first kappa shape index (κ1) is 12.6. The maximum atomic E-state index is 2.39. The molecule has 0 aliphatic heterocycles. The second kappa shape index (κ2) is 5.68. The van der Waals surface area contributed by atoms with E-state index >= 15 is 0 Å². The molecule has 2 rings (SSSR count). The van der Waals surface area contributed by atoms with Gasteiger partial charge in [0.2, 0.25) is 0 Å². The molecule has 94 valence electrons. The van der Waals surface area contributed by atoms with Crippen LogP contribution in [-0.2, 0) is 12.8 Å². The van der Waals surface area contributed by atoms with Crippen molar-refractivity contribution < 1.29 is 0 Å². The van der Waals surface area contributed by atoms with Gasteiger partial charge in [-0.3, -0.25) is 0 Å². The zero-order chi connectivity index (χ0) is 12.3. The van der Waals surface area contributed by atoms with Gasteiger partial charge in [0, 0.05) is 0 Å². The molecule has 1 aliphatic carbocycles. The molecule has 0 fully saturated rings. The molecule has 0 amide bonds. The Balaban J connectivity index is 1.96. The number of hydrogen-bond donors (Lipinski definition) is 0. The Morgan fingerprint density at radius 2 is 1.82 bits per heavy atom. The smallest absolute Gasteiger partial charge is 0.00222 e. The molecular formula is C16H25N. The van der Waals surface area contributed by atoms with Gasteiger partial charge >= 0.3 is 0 Å². The highest BCUT2D eigenvalue weighted by atomic mass is 15.0. The number of nitrogens with zero attached hydrogens (tertiary/aromatic N) is 1. The average Bonchev–Trinajstić information content (AvgIpc) is 2.48. The van der Waals surface area contributed by atoms with Crippen molar-refractivity contribution in [2.75, 3.05) is 20.6 Å². The molecule has 1 nitrogen and oxygen atoms in total. The molecular weight excluding hydrogens is 206 g/mol. The molecule has 0 spiro atoms. The van der Waals surface area contributed by atoms with Gasteiger partial charge < -0.3 is 4.90 Å². The second-order valence-corrected chi connectivity index (χ2v) is 5.81. The third-order valence-electron chi connectivity index (χ3n) is 3.99. The summed E-state index contributed by atoms with van der Waals surface area (Å²) in [5.74, 6) is 0.921. The third-order valence-corrected chi connectivity index (χ3v) is 3.99. The van der Waals surface area contributed by atoms with Crippen LogP contribution in [0.4, 0.5) is 0 Å². The van der Waals surface area contributed by atoms with Crippen LogP contribution in [0.5, 0.6) is 0 Å². The highest BCUT2D eigenvalue weighted by molar-refractivity contribution is 5.32. The van der Waals surface area contributed by atoms with Crippen LogP contribution < -0.4 is 0 Å². The van der Waals surface area contributed by atoms with Crippen molar-refractivity contribution in [1.82, 2.24) is 4.90 Å². The Morgan fingerprint density at radius 1 is 1.12 bits per heavy atom. The second-order valence-electron chi connectivity index (χ2n) is 5.81. The van der Waals surface area contributed by atoms with Gasteiger partial charge in [-0.25, -0.2) is 0 Å². The standard InChI is InChI=1S/C16H25N/c1-13-4-7-15-8-5-14(10-11-17(2)3)6-9-16(15)12-13/h4,7,12,14H,5-6,8-11H2,1-3H3/t14-/m0/s1. The molecule has 1 heteroatoms. The lowest BCUT2D eigenvalue weighted by molar-refractivity contribution is 0.332. The number of rotatable bonds is 3. The van der Waals surface area contributed by atoms with E-state index in [-0.39, 0.29) is 0 Å². The molecule has 1 atom stereocenters. The van der Waals surface area contributed by atoms with Crippen LogP contribution in [0.2, 0.25) is 0 Å². The molecule has 1 aromatic carbocycles. The molecule has 0 heterocycles. The molecule has 0 bridgehead atoms. The summed E-state index contributed by atoms with van der Waals surface area (Å²) in [6, 6.07) is 7.00.